The van der Waals surface area contributed by atoms with Crippen LogP contribution in [-0.2, 0) is 14.8 Å². The van der Waals surface area contributed by atoms with Gasteiger partial charge in [-0.15, -0.1) is 0 Å². The third-order valence-corrected chi connectivity index (χ3v) is 6.43. The summed E-state index contributed by atoms with van der Waals surface area (Å²) < 4.78 is 28.3. The summed E-state index contributed by atoms with van der Waals surface area (Å²) in [5, 5.41) is 3.04. The zero-order valence-electron chi connectivity index (χ0n) is 15.5. The maximum absolute atomic E-state index is 12.8. The molecule has 3 rings (SSSR count). The first-order chi connectivity index (χ1) is 12.9. The minimum atomic E-state index is -3.73. The van der Waals surface area contributed by atoms with Crippen LogP contribution in [0.2, 0.25) is 0 Å². The van der Waals surface area contributed by atoms with Crippen molar-refractivity contribution in [2.24, 2.45) is 0 Å². The predicted octanol–water partition coefficient (Wildman–Crippen LogP) is 3.46. The Labute approximate surface area is 161 Å². The Kier molecular flexibility index (Phi) is 6.29. The summed E-state index contributed by atoms with van der Waals surface area (Å²) in [5.74, 6) is -0.123. The van der Waals surface area contributed by atoms with Gasteiger partial charge < -0.3 is 5.32 Å². The maximum Gasteiger partial charge on any atom is 0.241 e. The molecule has 0 radical (unpaired) electrons. The van der Waals surface area contributed by atoms with E-state index in [0.717, 1.165) is 36.8 Å². The molecule has 1 aliphatic carbocycles. The fourth-order valence-corrected chi connectivity index (χ4v) is 4.65. The number of hydrogen-bond acceptors (Lipinski definition) is 3. The molecule has 0 aromatic heterocycles. The van der Waals surface area contributed by atoms with Crippen LogP contribution in [0.25, 0.3) is 0 Å². The molecule has 2 aromatic carbocycles. The third kappa shape index (κ3) is 5.40. The predicted molar refractivity (Wildman–Crippen MR) is 106 cm³/mol. The average Bonchev–Trinajstić information content (AvgIpc) is 3.15. The molecule has 144 valence electrons. The summed E-state index contributed by atoms with van der Waals surface area (Å²) in [5.41, 5.74) is 1.76. The van der Waals surface area contributed by atoms with E-state index in [2.05, 4.69) is 10.0 Å². The molecule has 2 N–H and O–H groups in total. The smallest absolute Gasteiger partial charge is 0.241 e. The van der Waals surface area contributed by atoms with Gasteiger partial charge in [-0.3, -0.25) is 4.79 Å². The van der Waals surface area contributed by atoms with E-state index in [1.54, 1.807) is 24.3 Å². The van der Waals surface area contributed by atoms with Gasteiger partial charge in [0.2, 0.25) is 15.9 Å². The molecule has 0 bridgehead atoms. The van der Waals surface area contributed by atoms with Gasteiger partial charge in [0, 0.05) is 12.5 Å². The Morgan fingerprint density at radius 2 is 1.67 bits per heavy atom. The number of sulfonamides is 1. The van der Waals surface area contributed by atoms with E-state index in [4.69, 9.17) is 0 Å². The van der Waals surface area contributed by atoms with Gasteiger partial charge in [-0.05, 0) is 37.5 Å². The highest BCUT2D eigenvalue weighted by Gasteiger charge is 2.25. The number of hydrogen-bond donors (Lipinski definition) is 2. The van der Waals surface area contributed by atoms with Crippen LogP contribution in [0.4, 0.5) is 0 Å². The van der Waals surface area contributed by atoms with Crippen molar-refractivity contribution in [1.29, 1.82) is 0 Å². The highest BCUT2D eigenvalue weighted by atomic mass is 32.2. The van der Waals surface area contributed by atoms with E-state index in [9.17, 15) is 13.2 Å². The van der Waals surface area contributed by atoms with Crippen molar-refractivity contribution in [2.75, 3.05) is 0 Å². The second-order valence-corrected chi connectivity index (χ2v) is 8.86. The van der Waals surface area contributed by atoms with Gasteiger partial charge in [0.1, 0.15) is 0 Å². The Bertz CT molecular complexity index is 858. The molecule has 1 saturated carbocycles. The van der Waals surface area contributed by atoms with Gasteiger partial charge in [0.05, 0.1) is 10.9 Å². The number of rotatable bonds is 7. The Morgan fingerprint density at radius 3 is 2.30 bits per heavy atom. The van der Waals surface area contributed by atoms with Crippen molar-refractivity contribution in [3.05, 3.63) is 65.7 Å². The lowest BCUT2D eigenvalue weighted by molar-refractivity contribution is -0.122. The number of benzene rings is 2. The molecule has 0 aliphatic heterocycles. The monoisotopic (exact) mass is 386 g/mol. The SMILES string of the molecule is Cc1ccc(S(=O)(=O)NC(CC(=O)NC2CCCC2)c2ccccc2)cc1. The van der Waals surface area contributed by atoms with Crippen molar-refractivity contribution in [1.82, 2.24) is 10.0 Å². The number of amides is 1. The normalized spacial score (nSPS) is 16.2. The zero-order valence-corrected chi connectivity index (χ0v) is 16.3. The van der Waals surface area contributed by atoms with Crippen LogP contribution in [0.5, 0.6) is 0 Å². The minimum Gasteiger partial charge on any atom is -0.353 e. The first kappa shape index (κ1) is 19.6. The van der Waals surface area contributed by atoms with Crippen LogP contribution in [0, 0.1) is 6.92 Å². The van der Waals surface area contributed by atoms with Crippen molar-refractivity contribution < 1.29 is 13.2 Å². The first-order valence-corrected chi connectivity index (χ1v) is 10.9. The second-order valence-electron chi connectivity index (χ2n) is 7.15. The van der Waals surface area contributed by atoms with Crippen LogP contribution in [-0.4, -0.2) is 20.4 Å². The summed E-state index contributed by atoms with van der Waals surface area (Å²) in [6, 6.07) is 15.5. The zero-order chi connectivity index (χ0) is 19.3. The molecule has 5 nitrogen and oxygen atoms in total. The van der Waals surface area contributed by atoms with Crippen molar-refractivity contribution in [3.63, 3.8) is 0 Å². The molecule has 6 heteroatoms. The molecule has 0 saturated heterocycles. The maximum atomic E-state index is 12.8. The van der Waals surface area contributed by atoms with Crippen molar-refractivity contribution in [2.45, 2.75) is 56.0 Å². The molecule has 27 heavy (non-hydrogen) atoms. The molecule has 1 amide bonds. The molecule has 1 atom stereocenters. The van der Waals surface area contributed by atoms with E-state index in [1.165, 1.54) is 0 Å². The van der Waals surface area contributed by atoms with Gasteiger partial charge in [0.25, 0.3) is 0 Å². The van der Waals surface area contributed by atoms with Crippen LogP contribution < -0.4 is 10.0 Å². The largest absolute Gasteiger partial charge is 0.353 e. The van der Waals surface area contributed by atoms with Crippen LogP contribution in [0.15, 0.2) is 59.5 Å². The quantitative estimate of drug-likeness (QED) is 0.765. The molecule has 0 heterocycles. The van der Waals surface area contributed by atoms with E-state index >= 15 is 0 Å². The van der Waals surface area contributed by atoms with Crippen LogP contribution in [0.3, 0.4) is 0 Å². The fourth-order valence-electron chi connectivity index (χ4n) is 3.43. The van der Waals surface area contributed by atoms with Gasteiger partial charge in [-0.2, -0.15) is 0 Å². The molecular weight excluding hydrogens is 360 g/mol. The van der Waals surface area contributed by atoms with Crippen LogP contribution >= 0.6 is 0 Å². The van der Waals surface area contributed by atoms with Crippen molar-refractivity contribution in [3.8, 4) is 0 Å². The second kappa shape index (κ2) is 8.67. The fraction of sp³-hybridized carbons (Fsp3) is 0.381. The van der Waals surface area contributed by atoms with Gasteiger partial charge in [-0.25, -0.2) is 13.1 Å². The summed E-state index contributed by atoms with van der Waals surface area (Å²) in [6.45, 7) is 1.91. The molecule has 2 aromatic rings. The standard InChI is InChI=1S/C21H26N2O3S/c1-16-11-13-19(14-12-16)27(25,26)23-20(17-7-3-2-4-8-17)15-21(24)22-18-9-5-6-10-18/h2-4,7-8,11-14,18,20,23H,5-6,9-10,15H2,1H3,(H,22,24). The number of carbonyl (C=O) groups excluding carboxylic acids is 1. The summed E-state index contributed by atoms with van der Waals surface area (Å²) in [4.78, 5) is 12.7. The van der Waals surface area contributed by atoms with Crippen LogP contribution in [0.1, 0.15) is 49.3 Å². The summed E-state index contributed by atoms with van der Waals surface area (Å²) >= 11 is 0. The topological polar surface area (TPSA) is 75.3 Å². The highest BCUT2D eigenvalue weighted by molar-refractivity contribution is 7.89. The lowest BCUT2D eigenvalue weighted by Crippen LogP contribution is -2.37. The molecule has 0 spiro atoms. The molecule has 1 aliphatic rings. The minimum absolute atomic E-state index is 0.0750. The summed E-state index contributed by atoms with van der Waals surface area (Å²) in [6.07, 6.45) is 4.33. The first-order valence-electron chi connectivity index (χ1n) is 9.37. The Hall–Kier alpha value is -2.18. The number of carbonyl (C=O) groups is 1. The lowest BCUT2D eigenvalue weighted by atomic mass is 10.0. The highest BCUT2D eigenvalue weighted by Crippen LogP contribution is 2.22. The summed E-state index contributed by atoms with van der Waals surface area (Å²) in [7, 11) is -3.73. The molecular formula is C21H26N2O3S. The average molecular weight is 387 g/mol. The molecule has 1 unspecified atom stereocenters. The van der Waals surface area contributed by atoms with Crippen molar-refractivity contribution >= 4 is 15.9 Å². The van der Waals surface area contributed by atoms with Gasteiger partial charge in [-0.1, -0.05) is 60.9 Å². The van der Waals surface area contributed by atoms with Gasteiger partial charge >= 0.3 is 0 Å². The van der Waals surface area contributed by atoms with Gasteiger partial charge in [0.15, 0.2) is 0 Å². The number of aryl methyl sites for hydroxylation is 1. The van der Waals surface area contributed by atoms with E-state index in [0.29, 0.717) is 0 Å². The Morgan fingerprint density at radius 1 is 1.04 bits per heavy atom. The lowest BCUT2D eigenvalue weighted by Gasteiger charge is -2.20. The van der Waals surface area contributed by atoms with E-state index in [-0.39, 0.29) is 23.3 Å². The Balaban J connectivity index is 1.77. The van der Waals surface area contributed by atoms with E-state index < -0.39 is 16.1 Å². The third-order valence-electron chi connectivity index (χ3n) is 4.94. The number of nitrogens with one attached hydrogen (secondary N) is 2. The molecule has 1 fully saturated rings. The van der Waals surface area contributed by atoms with E-state index in [1.807, 2.05) is 37.3 Å².